The normalized spacial score (nSPS) is 17.0. The number of amides is 1. The molecule has 0 bridgehead atoms. The van der Waals surface area contributed by atoms with Crippen LogP contribution in [0.2, 0.25) is 0 Å². The van der Waals surface area contributed by atoms with Crippen LogP contribution in [-0.4, -0.2) is 35.1 Å². The van der Waals surface area contributed by atoms with Gasteiger partial charge in [0.15, 0.2) is 0 Å². The largest absolute Gasteiger partial charge is 0.458 e. The Balaban J connectivity index is 1.86. The number of hydrogen-bond acceptors (Lipinski definition) is 4. The fourth-order valence-corrected chi connectivity index (χ4v) is 2.26. The summed E-state index contributed by atoms with van der Waals surface area (Å²) in [5.74, 6) is -0.363. The molecule has 0 saturated carbocycles. The van der Waals surface area contributed by atoms with E-state index in [9.17, 15) is 4.79 Å². The minimum absolute atomic E-state index is 0.0969. The molecule has 1 saturated heterocycles. The third-order valence-corrected chi connectivity index (χ3v) is 3.46. The van der Waals surface area contributed by atoms with Gasteiger partial charge in [0.05, 0.1) is 0 Å². The first-order valence-corrected chi connectivity index (χ1v) is 6.63. The number of oxime groups is 1. The summed E-state index contributed by atoms with van der Waals surface area (Å²) < 4.78 is 5.52. The first-order chi connectivity index (χ1) is 9.70. The van der Waals surface area contributed by atoms with Crippen molar-refractivity contribution in [3.63, 3.8) is 0 Å². The molecular weight excluding hydrogens is 258 g/mol. The minimum Gasteiger partial charge on any atom is -0.458 e. The first kappa shape index (κ1) is 14.2. The Bertz CT molecular complexity index is 468. The van der Waals surface area contributed by atoms with Crippen molar-refractivity contribution >= 4 is 11.9 Å². The zero-order chi connectivity index (χ0) is 14.4. The van der Waals surface area contributed by atoms with Crippen LogP contribution in [-0.2, 0) is 16.1 Å². The molecule has 1 heterocycles. The predicted octanol–water partition coefficient (Wildman–Crippen LogP) is 1.15. The van der Waals surface area contributed by atoms with Crippen molar-refractivity contribution in [1.82, 2.24) is 4.90 Å². The van der Waals surface area contributed by atoms with Gasteiger partial charge in [0.2, 0.25) is 5.91 Å². The molecule has 1 aromatic rings. The molecule has 2 rings (SSSR count). The third-order valence-electron chi connectivity index (χ3n) is 3.46. The number of primary amides is 1. The number of hydrogen-bond donors (Lipinski definition) is 2. The maximum absolute atomic E-state index is 11.1. The van der Waals surface area contributed by atoms with Gasteiger partial charge in [-0.2, -0.15) is 0 Å². The van der Waals surface area contributed by atoms with Crippen molar-refractivity contribution < 1.29 is 14.7 Å². The topological polar surface area (TPSA) is 88.2 Å². The van der Waals surface area contributed by atoms with Crippen LogP contribution in [0.15, 0.2) is 35.5 Å². The van der Waals surface area contributed by atoms with Crippen molar-refractivity contribution in [3.8, 4) is 0 Å². The van der Waals surface area contributed by atoms with E-state index in [4.69, 9.17) is 15.7 Å². The van der Waals surface area contributed by atoms with Crippen LogP contribution < -0.4 is 5.73 Å². The number of rotatable bonds is 3. The lowest BCUT2D eigenvalue weighted by atomic mass is 9.97. The second kappa shape index (κ2) is 6.79. The summed E-state index contributed by atoms with van der Waals surface area (Å²) in [5, 5.41) is 12.3. The summed E-state index contributed by atoms with van der Waals surface area (Å²) in [6.45, 7) is 1.54. The molecule has 0 atom stereocenters. The lowest BCUT2D eigenvalue weighted by Gasteiger charge is -2.31. The second-order valence-corrected chi connectivity index (χ2v) is 4.82. The van der Waals surface area contributed by atoms with Crippen LogP contribution >= 0.6 is 0 Å². The van der Waals surface area contributed by atoms with Crippen LogP contribution in [0.4, 0.5) is 0 Å². The van der Waals surface area contributed by atoms with Crippen LogP contribution in [0.3, 0.4) is 0 Å². The Morgan fingerprint density at radius 3 is 2.55 bits per heavy atom. The highest BCUT2D eigenvalue weighted by atomic mass is 16.5. The van der Waals surface area contributed by atoms with Gasteiger partial charge in [-0.3, -0.25) is 4.79 Å². The molecule has 1 amide bonds. The smallest absolute Gasteiger partial charge is 0.326 e. The number of likely N-dealkylation sites (tertiary alicyclic amines) is 1. The molecule has 0 unspecified atom stereocenters. The van der Waals surface area contributed by atoms with E-state index >= 15 is 0 Å². The standard InChI is InChI=1S/C14H19N3O3/c15-13(18)12-6-8-17(9-7-12)14(16-19)20-10-11-4-2-1-3-5-11/h1-5,12,19H,6-10H2,(H2,15,18). The van der Waals surface area contributed by atoms with Gasteiger partial charge >= 0.3 is 6.02 Å². The van der Waals surface area contributed by atoms with E-state index in [0.29, 0.717) is 32.5 Å². The quantitative estimate of drug-likeness (QED) is 0.375. The number of nitrogens with zero attached hydrogens (tertiary/aromatic N) is 2. The zero-order valence-corrected chi connectivity index (χ0v) is 11.2. The third kappa shape index (κ3) is 3.63. The van der Waals surface area contributed by atoms with Gasteiger partial charge in [0.25, 0.3) is 0 Å². The number of amidine groups is 1. The fourth-order valence-electron chi connectivity index (χ4n) is 2.26. The molecule has 1 fully saturated rings. The predicted molar refractivity (Wildman–Crippen MR) is 73.9 cm³/mol. The van der Waals surface area contributed by atoms with Gasteiger partial charge in [0.1, 0.15) is 6.61 Å². The van der Waals surface area contributed by atoms with E-state index in [0.717, 1.165) is 5.56 Å². The van der Waals surface area contributed by atoms with E-state index < -0.39 is 0 Å². The Labute approximate surface area is 117 Å². The average Bonchev–Trinajstić information content (AvgIpc) is 2.49. The SMILES string of the molecule is NC(=O)C1CCN(C(=NO)OCc2ccccc2)CC1. The molecular formula is C14H19N3O3. The first-order valence-electron chi connectivity index (χ1n) is 6.63. The number of piperidine rings is 1. The molecule has 0 radical (unpaired) electrons. The summed E-state index contributed by atoms with van der Waals surface area (Å²) in [7, 11) is 0. The number of nitrogens with two attached hydrogens (primary N) is 1. The summed E-state index contributed by atoms with van der Waals surface area (Å²) in [4.78, 5) is 12.9. The fraction of sp³-hybridized carbons (Fsp3) is 0.429. The minimum atomic E-state index is -0.266. The van der Waals surface area contributed by atoms with E-state index in [1.807, 2.05) is 35.2 Å². The van der Waals surface area contributed by atoms with Crippen LogP contribution in [0.1, 0.15) is 18.4 Å². The molecule has 1 aromatic carbocycles. The summed E-state index contributed by atoms with van der Waals surface area (Å²) in [6, 6.07) is 9.85. The van der Waals surface area contributed by atoms with Gasteiger partial charge in [-0.1, -0.05) is 30.3 Å². The maximum atomic E-state index is 11.1. The van der Waals surface area contributed by atoms with E-state index in [-0.39, 0.29) is 17.8 Å². The highest BCUT2D eigenvalue weighted by Crippen LogP contribution is 2.17. The van der Waals surface area contributed by atoms with Gasteiger partial charge in [-0.15, -0.1) is 0 Å². The molecule has 6 heteroatoms. The number of benzene rings is 1. The Morgan fingerprint density at radius 1 is 1.35 bits per heavy atom. The lowest BCUT2D eigenvalue weighted by molar-refractivity contribution is -0.122. The van der Waals surface area contributed by atoms with E-state index in [2.05, 4.69) is 5.16 Å². The second-order valence-electron chi connectivity index (χ2n) is 4.82. The van der Waals surface area contributed by atoms with E-state index in [1.54, 1.807) is 0 Å². The number of carbonyl (C=O) groups is 1. The summed E-state index contributed by atoms with van der Waals surface area (Å²) >= 11 is 0. The molecule has 6 nitrogen and oxygen atoms in total. The van der Waals surface area contributed by atoms with Crippen molar-refractivity contribution in [1.29, 1.82) is 0 Å². The van der Waals surface area contributed by atoms with Crippen LogP contribution in [0, 0.1) is 5.92 Å². The summed E-state index contributed by atoms with van der Waals surface area (Å²) in [6.07, 6.45) is 1.31. The molecule has 0 aromatic heterocycles. The van der Waals surface area contributed by atoms with Gasteiger partial charge < -0.3 is 20.6 Å². The maximum Gasteiger partial charge on any atom is 0.326 e. The molecule has 0 aliphatic carbocycles. The molecule has 1 aliphatic heterocycles. The van der Waals surface area contributed by atoms with Crippen LogP contribution in [0.5, 0.6) is 0 Å². The van der Waals surface area contributed by atoms with Crippen molar-refractivity contribution in [2.75, 3.05) is 13.1 Å². The highest BCUT2D eigenvalue weighted by Gasteiger charge is 2.26. The van der Waals surface area contributed by atoms with Gasteiger partial charge in [-0.25, -0.2) is 0 Å². The summed E-state index contributed by atoms with van der Waals surface area (Å²) in [5.41, 5.74) is 6.29. The van der Waals surface area contributed by atoms with Crippen molar-refractivity contribution in [2.24, 2.45) is 16.8 Å². The van der Waals surface area contributed by atoms with Gasteiger partial charge in [0, 0.05) is 19.0 Å². The van der Waals surface area contributed by atoms with Crippen molar-refractivity contribution in [2.45, 2.75) is 19.4 Å². The Hall–Kier alpha value is -2.24. The van der Waals surface area contributed by atoms with Gasteiger partial charge in [-0.05, 0) is 23.6 Å². The molecule has 1 aliphatic rings. The monoisotopic (exact) mass is 277 g/mol. The Morgan fingerprint density at radius 2 is 2.00 bits per heavy atom. The van der Waals surface area contributed by atoms with Crippen molar-refractivity contribution in [3.05, 3.63) is 35.9 Å². The average molecular weight is 277 g/mol. The molecule has 108 valence electrons. The molecule has 3 N–H and O–H groups in total. The highest BCUT2D eigenvalue weighted by molar-refractivity contribution is 5.77. The molecule has 0 spiro atoms. The lowest BCUT2D eigenvalue weighted by Crippen LogP contribution is -2.42. The van der Waals surface area contributed by atoms with Crippen LogP contribution in [0.25, 0.3) is 0 Å². The van der Waals surface area contributed by atoms with E-state index in [1.165, 1.54) is 0 Å². The number of ether oxygens (including phenoxy) is 1. The zero-order valence-electron chi connectivity index (χ0n) is 11.2. The Kier molecular flexibility index (Phi) is 4.81. The number of carbonyl (C=O) groups excluding carboxylic acids is 1. The molecule has 20 heavy (non-hydrogen) atoms.